The van der Waals surface area contributed by atoms with Gasteiger partial charge in [-0.2, -0.15) is 0 Å². The van der Waals surface area contributed by atoms with E-state index in [0.29, 0.717) is 17.3 Å². The zero-order valence-corrected chi connectivity index (χ0v) is 12.0. The van der Waals surface area contributed by atoms with Gasteiger partial charge in [0.25, 0.3) is 5.91 Å². The number of para-hydroxylation sites is 1. The van der Waals surface area contributed by atoms with Gasteiger partial charge >= 0.3 is 0 Å². The molecule has 0 atom stereocenters. The summed E-state index contributed by atoms with van der Waals surface area (Å²) in [7, 11) is 0. The standard InChI is InChI=1S/C17H13ClN2O/c18-14-6-3-4-12(10-14)11-19-17(21)16-9-8-13-5-1-2-7-15(13)20-16/h1-10H,11H2,(H,19,21). The van der Waals surface area contributed by atoms with Gasteiger partial charge < -0.3 is 5.32 Å². The van der Waals surface area contributed by atoms with Gasteiger partial charge in [-0.25, -0.2) is 4.98 Å². The maximum atomic E-state index is 12.1. The lowest BCUT2D eigenvalue weighted by Gasteiger charge is -2.06. The van der Waals surface area contributed by atoms with Crippen LogP contribution in [0.3, 0.4) is 0 Å². The summed E-state index contributed by atoms with van der Waals surface area (Å²) >= 11 is 5.92. The summed E-state index contributed by atoms with van der Waals surface area (Å²) in [5, 5.41) is 4.52. The molecule has 3 nitrogen and oxygen atoms in total. The Morgan fingerprint density at radius 1 is 1.05 bits per heavy atom. The molecule has 3 aromatic rings. The Morgan fingerprint density at radius 2 is 1.90 bits per heavy atom. The number of benzene rings is 2. The molecule has 3 rings (SSSR count). The van der Waals surface area contributed by atoms with Crippen molar-refractivity contribution in [2.24, 2.45) is 0 Å². The van der Waals surface area contributed by atoms with E-state index < -0.39 is 0 Å². The zero-order valence-electron chi connectivity index (χ0n) is 11.2. The van der Waals surface area contributed by atoms with Gasteiger partial charge in [0.1, 0.15) is 5.69 Å². The summed E-state index contributed by atoms with van der Waals surface area (Å²) in [4.78, 5) is 16.5. The van der Waals surface area contributed by atoms with Crippen molar-refractivity contribution in [2.75, 3.05) is 0 Å². The second-order valence-electron chi connectivity index (χ2n) is 4.70. The lowest BCUT2D eigenvalue weighted by atomic mass is 10.2. The highest BCUT2D eigenvalue weighted by atomic mass is 35.5. The van der Waals surface area contributed by atoms with Gasteiger partial charge in [0, 0.05) is 17.0 Å². The van der Waals surface area contributed by atoms with Gasteiger partial charge in [-0.1, -0.05) is 48.0 Å². The van der Waals surface area contributed by atoms with Crippen molar-refractivity contribution in [3.05, 3.63) is 76.9 Å². The number of hydrogen-bond donors (Lipinski definition) is 1. The van der Waals surface area contributed by atoms with Crippen LogP contribution in [0.25, 0.3) is 10.9 Å². The van der Waals surface area contributed by atoms with E-state index >= 15 is 0 Å². The fourth-order valence-electron chi connectivity index (χ4n) is 2.11. The topological polar surface area (TPSA) is 42.0 Å². The van der Waals surface area contributed by atoms with Crippen molar-refractivity contribution in [3.8, 4) is 0 Å². The molecule has 21 heavy (non-hydrogen) atoms. The van der Waals surface area contributed by atoms with Crippen molar-refractivity contribution < 1.29 is 4.79 Å². The summed E-state index contributed by atoms with van der Waals surface area (Å²) in [5.41, 5.74) is 2.18. The molecule has 0 bridgehead atoms. The molecule has 2 aromatic carbocycles. The van der Waals surface area contributed by atoms with Crippen LogP contribution in [-0.4, -0.2) is 10.9 Å². The van der Waals surface area contributed by atoms with Crippen LogP contribution in [-0.2, 0) is 6.54 Å². The van der Waals surface area contributed by atoms with E-state index in [4.69, 9.17) is 11.6 Å². The summed E-state index contributed by atoms with van der Waals surface area (Å²) in [5.74, 6) is -0.194. The quantitative estimate of drug-likeness (QED) is 0.798. The highest BCUT2D eigenvalue weighted by Crippen LogP contribution is 2.13. The van der Waals surface area contributed by atoms with E-state index in [1.807, 2.05) is 48.5 Å². The minimum absolute atomic E-state index is 0.194. The Balaban J connectivity index is 1.74. The van der Waals surface area contributed by atoms with Crippen LogP contribution in [0.4, 0.5) is 0 Å². The summed E-state index contributed by atoms with van der Waals surface area (Å²) in [6.07, 6.45) is 0. The van der Waals surface area contributed by atoms with Gasteiger partial charge in [0.2, 0.25) is 0 Å². The Morgan fingerprint density at radius 3 is 2.76 bits per heavy atom. The van der Waals surface area contributed by atoms with Crippen LogP contribution >= 0.6 is 11.6 Å². The first-order chi connectivity index (χ1) is 10.2. The molecule has 0 spiro atoms. The minimum Gasteiger partial charge on any atom is -0.347 e. The van der Waals surface area contributed by atoms with Crippen molar-refractivity contribution in [3.63, 3.8) is 0 Å². The normalized spacial score (nSPS) is 10.5. The van der Waals surface area contributed by atoms with Gasteiger partial charge in [0.15, 0.2) is 0 Å². The number of carbonyl (C=O) groups is 1. The fraction of sp³-hybridized carbons (Fsp3) is 0.0588. The molecule has 1 amide bonds. The predicted molar refractivity (Wildman–Crippen MR) is 84.4 cm³/mol. The smallest absolute Gasteiger partial charge is 0.270 e. The molecule has 0 radical (unpaired) electrons. The molecule has 104 valence electrons. The van der Waals surface area contributed by atoms with Gasteiger partial charge in [0.05, 0.1) is 5.52 Å². The molecule has 0 saturated carbocycles. The van der Waals surface area contributed by atoms with Gasteiger partial charge in [-0.05, 0) is 29.8 Å². The van der Waals surface area contributed by atoms with Crippen molar-refractivity contribution in [1.82, 2.24) is 10.3 Å². The lowest BCUT2D eigenvalue weighted by Crippen LogP contribution is -2.23. The molecular weight excluding hydrogens is 284 g/mol. The van der Waals surface area contributed by atoms with E-state index in [-0.39, 0.29) is 5.91 Å². The van der Waals surface area contributed by atoms with Crippen molar-refractivity contribution in [2.45, 2.75) is 6.54 Å². The first kappa shape index (κ1) is 13.6. The number of pyridine rings is 1. The summed E-state index contributed by atoms with van der Waals surface area (Å²) in [6.45, 7) is 0.425. The zero-order chi connectivity index (χ0) is 14.7. The molecule has 4 heteroatoms. The monoisotopic (exact) mass is 296 g/mol. The second-order valence-corrected chi connectivity index (χ2v) is 5.14. The van der Waals surface area contributed by atoms with Crippen LogP contribution in [0.2, 0.25) is 5.02 Å². The molecule has 1 aromatic heterocycles. The Labute approximate surface area is 127 Å². The van der Waals surface area contributed by atoms with Crippen molar-refractivity contribution in [1.29, 1.82) is 0 Å². The van der Waals surface area contributed by atoms with Crippen LogP contribution in [0.1, 0.15) is 16.1 Å². The molecule has 0 fully saturated rings. The Bertz CT molecular complexity index is 801. The molecule has 0 aliphatic heterocycles. The van der Waals surface area contributed by atoms with Crippen LogP contribution in [0.15, 0.2) is 60.7 Å². The second kappa shape index (κ2) is 5.94. The van der Waals surface area contributed by atoms with Crippen LogP contribution in [0.5, 0.6) is 0 Å². The summed E-state index contributed by atoms with van der Waals surface area (Å²) < 4.78 is 0. The van der Waals surface area contributed by atoms with Crippen LogP contribution in [0, 0.1) is 0 Å². The Kier molecular flexibility index (Phi) is 3.84. The van der Waals surface area contributed by atoms with E-state index in [1.54, 1.807) is 12.1 Å². The average molecular weight is 297 g/mol. The number of hydrogen-bond acceptors (Lipinski definition) is 2. The third-order valence-corrected chi connectivity index (χ3v) is 3.41. The average Bonchev–Trinajstić information content (AvgIpc) is 2.52. The number of fused-ring (bicyclic) bond motifs is 1. The number of aromatic nitrogens is 1. The number of rotatable bonds is 3. The first-order valence-electron chi connectivity index (χ1n) is 6.61. The number of nitrogens with one attached hydrogen (secondary N) is 1. The maximum Gasteiger partial charge on any atom is 0.270 e. The highest BCUT2D eigenvalue weighted by Gasteiger charge is 2.07. The number of nitrogens with zero attached hydrogens (tertiary/aromatic N) is 1. The molecule has 0 aliphatic carbocycles. The van der Waals surface area contributed by atoms with Crippen molar-refractivity contribution >= 4 is 28.4 Å². The third kappa shape index (κ3) is 3.20. The van der Waals surface area contributed by atoms with Gasteiger partial charge in [-0.3, -0.25) is 4.79 Å². The number of amides is 1. The van der Waals surface area contributed by atoms with Gasteiger partial charge in [-0.15, -0.1) is 0 Å². The molecule has 0 saturated heterocycles. The molecule has 0 unspecified atom stereocenters. The number of halogens is 1. The highest BCUT2D eigenvalue weighted by molar-refractivity contribution is 6.30. The first-order valence-corrected chi connectivity index (χ1v) is 6.98. The SMILES string of the molecule is O=C(NCc1cccc(Cl)c1)c1ccc2ccccc2n1. The molecular formula is C17H13ClN2O. The van der Waals surface area contributed by atoms with E-state index in [0.717, 1.165) is 16.5 Å². The third-order valence-electron chi connectivity index (χ3n) is 3.17. The summed E-state index contributed by atoms with van der Waals surface area (Å²) in [6, 6.07) is 18.8. The lowest BCUT2D eigenvalue weighted by molar-refractivity contribution is 0.0946. The van der Waals surface area contributed by atoms with E-state index in [1.165, 1.54) is 0 Å². The maximum absolute atomic E-state index is 12.1. The molecule has 1 heterocycles. The molecule has 1 N–H and O–H groups in total. The molecule has 0 aliphatic rings. The fourth-order valence-corrected chi connectivity index (χ4v) is 2.33. The van der Waals surface area contributed by atoms with Crippen LogP contribution < -0.4 is 5.32 Å². The van der Waals surface area contributed by atoms with E-state index in [2.05, 4.69) is 10.3 Å². The largest absolute Gasteiger partial charge is 0.347 e. The minimum atomic E-state index is -0.194. The Hall–Kier alpha value is -2.39. The predicted octanol–water partition coefficient (Wildman–Crippen LogP) is 3.82. The number of carbonyl (C=O) groups excluding carboxylic acids is 1. The van der Waals surface area contributed by atoms with E-state index in [9.17, 15) is 4.79 Å².